The van der Waals surface area contributed by atoms with Gasteiger partial charge in [0, 0.05) is 24.1 Å². The molecule has 0 spiro atoms. The molecule has 2 aromatic rings. The molecule has 5 nitrogen and oxygen atoms in total. The molecule has 0 aliphatic carbocycles. The molecule has 0 fully saturated rings. The fraction of sp³-hybridized carbons (Fsp3) is 0.444. The Morgan fingerprint density at radius 1 is 1.26 bits per heavy atom. The summed E-state index contributed by atoms with van der Waals surface area (Å²) in [5, 5.41) is 10.5. The van der Waals surface area contributed by atoms with Gasteiger partial charge in [0.1, 0.15) is 5.60 Å². The van der Waals surface area contributed by atoms with Crippen LogP contribution >= 0.6 is 0 Å². The van der Waals surface area contributed by atoms with Crippen molar-refractivity contribution in [1.29, 1.82) is 0 Å². The number of carboxylic acids is 1. The minimum Gasteiger partial charge on any atom is -0.481 e. The van der Waals surface area contributed by atoms with E-state index < -0.39 is 23.5 Å². The van der Waals surface area contributed by atoms with Crippen LogP contribution in [-0.4, -0.2) is 27.2 Å². The zero-order chi connectivity index (χ0) is 17.2. The van der Waals surface area contributed by atoms with Crippen molar-refractivity contribution in [2.45, 2.75) is 39.2 Å². The highest BCUT2D eigenvalue weighted by atomic mass is 16.6. The van der Waals surface area contributed by atoms with Crippen molar-refractivity contribution < 1.29 is 19.4 Å². The van der Waals surface area contributed by atoms with Crippen molar-refractivity contribution in [3.63, 3.8) is 0 Å². The molecule has 0 saturated heterocycles. The fourth-order valence-electron chi connectivity index (χ4n) is 2.68. The molecule has 5 heteroatoms. The number of aliphatic carboxylic acids is 1. The Labute approximate surface area is 135 Å². The maximum Gasteiger partial charge on any atom is 0.307 e. The Kier molecular flexibility index (Phi) is 4.78. The summed E-state index contributed by atoms with van der Waals surface area (Å²) < 4.78 is 7.21. The molecule has 1 aromatic heterocycles. The summed E-state index contributed by atoms with van der Waals surface area (Å²) in [6.07, 6.45) is 2.10. The number of rotatable bonds is 5. The molecule has 0 amide bonds. The monoisotopic (exact) mass is 317 g/mol. The number of aromatic nitrogens is 1. The van der Waals surface area contributed by atoms with Gasteiger partial charge in [-0.3, -0.25) is 9.59 Å². The highest BCUT2D eigenvalue weighted by Crippen LogP contribution is 2.24. The lowest BCUT2D eigenvalue weighted by Crippen LogP contribution is -2.28. The summed E-state index contributed by atoms with van der Waals surface area (Å²) in [6, 6.07) is 7.83. The third-order valence-corrected chi connectivity index (χ3v) is 3.63. The zero-order valence-electron chi connectivity index (χ0n) is 14.0. The van der Waals surface area contributed by atoms with Crippen LogP contribution < -0.4 is 0 Å². The van der Waals surface area contributed by atoms with E-state index in [-0.39, 0.29) is 6.42 Å². The van der Waals surface area contributed by atoms with E-state index in [1.165, 1.54) is 0 Å². The second kappa shape index (κ2) is 6.44. The number of benzene rings is 1. The van der Waals surface area contributed by atoms with Gasteiger partial charge in [-0.2, -0.15) is 0 Å². The van der Waals surface area contributed by atoms with E-state index in [9.17, 15) is 14.7 Å². The molecule has 1 N–H and O–H groups in total. The second-order valence-corrected chi connectivity index (χ2v) is 6.81. The van der Waals surface area contributed by atoms with Crippen molar-refractivity contribution in [1.82, 2.24) is 4.57 Å². The average molecular weight is 317 g/mol. The van der Waals surface area contributed by atoms with Gasteiger partial charge < -0.3 is 14.4 Å². The third kappa shape index (κ3) is 4.34. The summed E-state index contributed by atoms with van der Waals surface area (Å²) in [4.78, 5) is 23.5. The maximum absolute atomic E-state index is 11.9. The third-order valence-electron chi connectivity index (χ3n) is 3.63. The Bertz CT molecular complexity index is 724. The van der Waals surface area contributed by atoms with Gasteiger partial charge in [0.2, 0.25) is 0 Å². The molecular weight excluding hydrogens is 294 g/mol. The first-order valence-electron chi connectivity index (χ1n) is 7.65. The van der Waals surface area contributed by atoms with E-state index in [2.05, 4.69) is 0 Å². The first-order valence-corrected chi connectivity index (χ1v) is 7.65. The minimum absolute atomic E-state index is 0.129. The van der Waals surface area contributed by atoms with Gasteiger partial charge in [0.15, 0.2) is 0 Å². The van der Waals surface area contributed by atoms with E-state index in [1.807, 2.05) is 42.1 Å². The predicted octanol–water partition coefficient (Wildman–Crippen LogP) is 3.15. The number of fused-ring (bicyclic) bond motifs is 1. The van der Waals surface area contributed by atoms with E-state index in [0.29, 0.717) is 6.42 Å². The normalized spacial score (nSPS) is 13.0. The van der Waals surface area contributed by atoms with E-state index in [0.717, 1.165) is 16.5 Å². The lowest BCUT2D eigenvalue weighted by Gasteiger charge is -2.21. The molecule has 23 heavy (non-hydrogen) atoms. The molecule has 0 unspecified atom stereocenters. The zero-order valence-corrected chi connectivity index (χ0v) is 14.0. The quantitative estimate of drug-likeness (QED) is 0.860. The molecule has 0 aliphatic heterocycles. The van der Waals surface area contributed by atoms with E-state index in [1.54, 1.807) is 20.8 Å². The van der Waals surface area contributed by atoms with Gasteiger partial charge in [-0.15, -0.1) is 0 Å². The molecule has 124 valence electrons. The Morgan fingerprint density at radius 3 is 2.52 bits per heavy atom. The van der Waals surface area contributed by atoms with Crippen LogP contribution in [0.2, 0.25) is 0 Å². The number of aryl methyl sites for hydroxylation is 1. The molecule has 0 saturated carbocycles. The number of para-hydroxylation sites is 1. The second-order valence-electron chi connectivity index (χ2n) is 6.81. The Morgan fingerprint density at radius 2 is 1.91 bits per heavy atom. The number of carbonyl (C=O) groups is 2. The van der Waals surface area contributed by atoms with Crippen LogP contribution in [0.4, 0.5) is 0 Å². The summed E-state index contributed by atoms with van der Waals surface area (Å²) in [5.41, 5.74) is 1.36. The number of hydrogen-bond donors (Lipinski definition) is 1. The topological polar surface area (TPSA) is 68.5 Å². The van der Waals surface area contributed by atoms with Crippen LogP contribution in [0, 0.1) is 5.92 Å². The van der Waals surface area contributed by atoms with Gasteiger partial charge >= 0.3 is 11.9 Å². The van der Waals surface area contributed by atoms with Crippen molar-refractivity contribution in [2.24, 2.45) is 13.0 Å². The molecule has 0 bridgehead atoms. The summed E-state index contributed by atoms with van der Waals surface area (Å²) >= 11 is 0. The SMILES string of the molecule is Cn1cc(C[C@@H](CC(=O)OC(C)(C)C)C(=O)O)c2ccccc21. The molecule has 1 aromatic carbocycles. The lowest BCUT2D eigenvalue weighted by molar-refractivity contribution is -0.159. The van der Waals surface area contributed by atoms with E-state index in [4.69, 9.17) is 4.74 Å². The van der Waals surface area contributed by atoms with Crippen LogP contribution in [0.5, 0.6) is 0 Å². The Hall–Kier alpha value is -2.30. The number of ether oxygens (including phenoxy) is 1. The fourth-order valence-corrected chi connectivity index (χ4v) is 2.68. The van der Waals surface area contributed by atoms with Crippen LogP contribution in [0.3, 0.4) is 0 Å². The smallest absolute Gasteiger partial charge is 0.307 e. The number of esters is 1. The van der Waals surface area contributed by atoms with Crippen molar-refractivity contribution >= 4 is 22.8 Å². The van der Waals surface area contributed by atoms with Crippen molar-refractivity contribution in [3.05, 3.63) is 36.0 Å². The molecule has 0 radical (unpaired) electrons. The molecular formula is C18H23NO4. The highest BCUT2D eigenvalue weighted by molar-refractivity contribution is 5.85. The standard InChI is InChI=1S/C18H23NO4/c1-18(2,3)23-16(20)10-12(17(21)22)9-13-11-19(4)15-8-6-5-7-14(13)15/h5-8,11-12H,9-10H2,1-4H3,(H,21,22)/t12-/m0/s1. The highest BCUT2D eigenvalue weighted by Gasteiger charge is 2.26. The minimum atomic E-state index is -0.983. The number of carboxylic acid groups (broad SMARTS) is 1. The van der Waals surface area contributed by atoms with Gasteiger partial charge in [-0.1, -0.05) is 18.2 Å². The summed E-state index contributed by atoms with van der Waals surface area (Å²) in [6.45, 7) is 5.31. The average Bonchev–Trinajstić information content (AvgIpc) is 2.73. The number of nitrogens with zero attached hydrogens (tertiary/aromatic N) is 1. The van der Waals surface area contributed by atoms with E-state index >= 15 is 0 Å². The molecule has 1 atom stereocenters. The predicted molar refractivity (Wildman–Crippen MR) is 88.2 cm³/mol. The Balaban J connectivity index is 2.19. The number of hydrogen-bond acceptors (Lipinski definition) is 3. The van der Waals surface area contributed by atoms with Crippen LogP contribution in [0.1, 0.15) is 32.8 Å². The first kappa shape index (κ1) is 17.1. The molecule has 0 aliphatic rings. The molecule has 1 heterocycles. The summed E-state index contributed by atoms with van der Waals surface area (Å²) in [5.74, 6) is -2.26. The van der Waals surface area contributed by atoms with Crippen LogP contribution in [-0.2, 0) is 27.8 Å². The van der Waals surface area contributed by atoms with Crippen molar-refractivity contribution in [2.75, 3.05) is 0 Å². The first-order chi connectivity index (χ1) is 10.7. The number of carbonyl (C=O) groups excluding carboxylic acids is 1. The van der Waals surface area contributed by atoms with Crippen LogP contribution in [0.15, 0.2) is 30.5 Å². The van der Waals surface area contributed by atoms with Gasteiger partial charge in [-0.05, 0) is 38.8 Å². The van der Waals surface area contributed by atoms with Crippen LogP contribution in [0.25, 0.3) is 10.9 Å². The largest absolute Gasteiger partial charge is 0.481 e. The van der Waals surface area contributed by atoms with Crippen molar-refractivity contribution in [3.8, 4) is 0 Å². The summed E-state index contributed by atoms with van der Waals surface area (Å²) in [7, 11) is 1.93. The van der Waals surface area contributed by atoms with Gasteiger partial charge in [0.25, 0.3) is 0 Å². The molecule has 2 rings (SSSR count). The van der Waals surface area contributed by atoms with Gasteiger partial charge in [0.05, 0.1) is 12.3 Å². The maximum atomic E-state index is 11.9. The van der Waals surface area contributed by atoms with Gasteiger partial charge in [-0.25, -0.2) is 0 Å². The lowest BCUT2D eigenvalue weighted by atomic mass is 9.96.